The van der Waals surface area contributed by atoms with Gasteiger partial charge in [-0.3, -0.25) is 0 Å². The smallest absolute Gasteiger partial charge is 0.228 e. The molecule has 1 fully saturated rings. The molecular weight excluding hydrogens is 445 g/mol. The Balaban J connectivity index is 1.95. The van der Waals surface area contributed by atoms with E-state index in [-0.39, 0.29) is 35.7 Å². The molecule has 0 radical (unpaired) electrons. The van der Waals surface area contributed by atoms with E-state index >= 15 is 0 Å². The second-order valence-electron chi connectivity index (χ2n) is 6.00. The number of sulfonamides is 1. The summed E-state index contributed by atoms with van der Waals surface area (Å²) in [6.45, 7) is -0.154. The molecule has 1 aliphatic heterocycles. The fourth-order valence-electron chi connectivity index (χ4n) is 3.04. The average Bonchev–Trinajstić information content (AvgIpc) is 2.74. The molecular formula is C17H17BrFNO4S2. The Kier molecular flexibility index (Phi) is 5.53. The molecule has 9 heteroatoms. The topological polar surface area (TPSA) is 71.5 Å². The van der Waals surface area contributed by atoms with Crippen LogP contribution in [0.2, 0.25) is 0 Å². The highest BCUT2D eigenvalue weighted by Crippen LogP contribution is 2.33. The van der Waals surface area contributed by atoms with Crippen LogP contribution in [0.1, 0.15) is 17.2 Å². The summed E-state index contributed by atoms with van der Waals surface area (Å²) in [5.41, 5.74) is 0.0904. The van der Waals surface area contributed by atoms with Crippen LogP contribution in [0.15, 0.2) is 57.9 Å². The zero-order chi connectivity index (χ0) is 18.9. The first-order chi connectivity index (χ1) is 12.2. The molecule has 1 unspecified atom stereocenters. The van der Waals surface area contributed by atoms with Crippen LogP contribution in [0, 0.1) is 5.82 Å². The van der Waals surface area contributed by atoms with E-state index in [1.807, 2.05) is 0 Å². The molecule has 0 saturated carbocycles. The van der Waals surface area contributed by atoms with E-state index < -0.39 is 30.9 Å². The van der Waals surface area contributed by atoms with E-state index in [4.69, 9.17) is 0 Å². The van der Waals surface area contributed by atoms with E-state index in [0.29, 0.717) is 4.47 Å². The molecule has 5 nitrogen and oxygen atoms in total. The van der Waals surface area contributed by atoms with E-state index in [1.165, 1.54) is 24.3 Å². The molecule has 1 heterocycles. The van der Waals surface area contributed by atoms with Crippen molar-refractivity contribution in [2.75, 3.05) is 18.8 Å². The minimum Gasteiger partial charge on any atom is -0.228 e. The molecule has 26 heavy (non-hydrogen) atoms. The Morgan fingerprint density at radius 3 is 2.38 bits per heavy atom. The standard InChI is InChI=1S/C17H17BrFNO4S2/c18-14-6-2-4-8-17(14)26(23,24)20-10-9-16(25(21,22)12-11-20)13-5-1-3-7-15(13)19/h1-8,16H,9-12H2. The Labute approximate surface area is 160 Å². The molecule has 2 aromatic carbocycles. The van der Waals surface area contributed by atoms with Crippen LogP contribution in [0.5, 0.6) is 0 Å². The van der Waals surface area contributed by atoms with Crippen LogP contribution in [0.4, 0.5) is 4.39 Å². The molecule has 1 atom stereocenters. The molecule has 0 aromatic heterocycles. The highest BCUT2D eigenvalue weighted by molar-refractivity contribution is 9.10. The van der Waals surface area contributed by atoms with Gasteiger partial charge >= 0.3 is 0 Å². The molecule has 0 N–H and O–H groups in total. The molecule has 1 aliphatic rings. The number of benzene rings is 2. The molecule has 0 aliphatic carbocycles. The van der Waals surface area contributed by atoms with Gasteiger partial charge in [0, 0.05) is 23.1 Å². The maximum absolute atomic E-state index is 14.1. The largest absolute Gasteiger partial charge is 0.244 e. The first kappa shape index (κ1) is 19.5. The average molecular weight is 462 g/mol. The summed E-state index contributed by atoms with van der Waals surface area (Å²) in [6.07, 6.45) is 0.00689. The summed E-state index contributed by atoms with van der Waals surface area (Å²) in [5, 5.41) is -1.05. The summed E-state index contributed by atoms with van der Waals surface area (Å²) in [5.74, 6) is -0.946. The minimum atomic E-state index is -3.85. The van der Waals surface area contributed by atoms with E-state index in [1.54, 1.807) is 24.3 Å². The van der Waals surface area contributed by atoms with Gasteiger partial charge in [0.15, 0.2) is 9.84 Å². The molecule has 0 bridgehead atoms. The van der Waals surface area contributed by atoms with E-state index in [2.05, 4.69) is 15.9 Å². The second kappa shape index (κ2) is 7.38. The summed E-state index contributed by atoms with van der Waals surface area (Å²) in [4.78, 5) is 0.0849. The van der Waals surface area contributed by atoms with Crippen LogP contribution in [-0.2, 0) is 19.9 Å². The van der Waals surface area contributed by atoms with Gasteiger partial charge in [0.25, 0.3) is 0 Å². The lowest BCUT2D eigenvalue weighted by atomic mass is 10.1. The van der Waals surface area contributed by atoms with E-state index in [9.17, 15) is 21.2 Å². The quantitative estimate of drug-likeness (QED) is 0.703. The zero-order valence-electron chi connectivity index (χ0n) is 13.7. The summed E-state index contributed by atoms with van der Waals surface area (Å²) in [6, 6.07) is 12.1. The molecule has 3 rings (SSSR count). The lowest BCUT2D eigenvalue weighted by Crippen LogP contribution is -2.33. The normalized spacial score (nSPS) is 21.2. The highest BCUT2D eigenvalue weighted by Gasteiger charge is 2.37. The number of nitrogens with zero attached hydrogens (tertiary/aromatic N) is 1. The number of rotatable bonds is 3. The van der Waals surface area contributed by atoms with Crippen molar-refractivity contribution in [2.45, 2.75) is 16.6 Å². The maximum atomic E-state index is 14.1. The van der Waals surface area contributed by atoms with Crippen LogP contribution in [-0.4, -0.2) is 40.0 Å². The Bertz CT molecular complexity index is 1020. The SMILES string of the molecule is O=S1(=O)CCN(S(=O)(=O)c2ccccc2Br)CCC1c1ccccc1F. The van der Waals surface area contributed by atoms with Crippen molar-refractivity contribution >= 4 is 35.8 Å². The van der Waals surface area contributed by atoms with Crippen LogP contribution in [0.25, 0.3) is 0 Å². The third kappa shape index (κ3) is 3.71. The number of hydrogen-bond donors (Lipinski definition) is 0. The number of hydrogen-bond acceptors (Lipinski definition) is 4. The van der Waals surface area contributed by atoms with Gasteiger partial charge in [-0.15, -0.1) is 0 Å². The monoisotopic (exact) mass is 461 g/mol. The third-order valence-electron chi connectivity index (χ3n) is 4.41. The van der Waals surface area contributed by atoms with Gasteiger partial charge < -0.3 is 0 Å². The van der Waals surface area contributed by atoms with Gasteiger partial charge in [0.2, 0.25) is 10.0 Å². The van der Waals surface area contributed by atoms with Gasteiger partial charge in [-0.25, -0.2) is 21.2 Å². The first-order valence-electron chi connectivity index (χ1n) is 7.94. The summed E-state index contributed by atoms with van der Waals surface area (Å²) >= 11 is 3.23. The van der Waals surface area contributed by atoms with Gasteiger partial charge in [-0.2, -0.15) is 4.31 Å². The van der Waals surface area contributed by atoms with Gasteiger partial charge in [0.1, 0.15) is 5.82 Å². The van der Waals surface area contributed by atoms with Crippen LogP contribution >= 0.6 is 15.9 Å². The highest BCUT2D eigenvalue weighted by atomic mass is 79.9. The fourth-order valence-corrected chi connectivity index (χ4v) is 7.38. The molecule has 2 aromatic rings. The Morgan fingerprint density at radius 2 is 1.69 bits per heavy atom. The summed E-state index contributed by atoms with van der Waals surface area (Å²) < 4.78 is 66.8. The third-order valence-corrected chi connectivity index (χ3v) is 9.42. The van der Waals surface area contributed by atoms with Gasteiger partial charge in [-0.1, -0.05) is 30.3 Å². The fraction of sp³-hybridized carbons (Fsp3) is 0.294. The number of sulfone groups is 1. The zero-order valence-corrected chi connectivity index (χ0v) is 16.9. The molecule has 140 valence electrons. The van der Waals surface area contributed by atoms with Gasteiger partial charge in [0.05, 0.1) is 15.9 Å². The Hall–Kier alpha value is -1.29. The van der Waals surface area contributed by atoms with Crippen molar-refractivity contribution < 1.29 is 21.2 Å². The predicted octanol–water partition coefficient (Wildman–Crippen LogP) is 3.14. The minimum absolute atomic E-state index is 0.00188. The first-order valence-corrected chi connectivity index (χ1v) is 11.9. The van der Waals surface area contributed by atoms with Crippen molar-refractivity contribution in [3.05, 3.63) is 64.4 Å². The Morgan fingerprint density at radius 1 is 1.04 bits per heavy atom. The molecule has 0 amide bonds. The van der Waals surface area contributed by atoms with Crippen molar-refractivity contribution in [3.8, 4) is 0 Å². The lowest BCUT2D eigenvalue weighted by molar-refractivity contribution is 0.426. The maximum Gasteiger partial charge on any atom is 0.244 e. The summed E-state index contributed by atoms with van der Waals surface area (Å²) in [7, 11) is -7.53. The predicted molar refractivity (Wildman–Crippen MR) is 100 cm³/mol. The molecule has 1 saturated heterocycles. The van der Waals surface area contributed by atoms with Crippen LogP contribution < -0.4 is 0 Å². The van der Waals surface area contributed by atoms with Gasteiger partial charge in [-0.05, 0) is 40.5 Å². The second-order valence-corrected chi connectivity index (χ2v) is 11.1. The lowest BCUT2D eigenvalue weighted by Gasteiger charge is -2.20. The molecule has 0 spiro atoms. The van der Waals surface area contributed by atoms with Crippen LogP contribution in [0.3, 0.4) is 0 Å². The van der Waals surface area contributed by atoms with Crippen molar-refractivity contribution in [1.82, 2.24) is 4.31 Å². The van der Waals surface area contributed by atoms with Crippen molar-refractivity contribution in [2.24, 2.45) is 0 Å². The number of halogens is 2. The van der Waals surface area contributed by atoms with Crippen molar-refractivity contribution in [3.63, 3.8) is 0 Å². The van der Waals surface area contributed by atoms with Crippen molar-refractivity contribution in [1.29, 1.82) is 0 Å². The van der Waals surface area contributed by atoms with E-state index in [0.717, 1.165) is 4.31 Å².